The molecule has 0 radical (unpaired) electrons. The predicted octanol–water partition coefficient (Wildman–Crippen LogP) is 4.80. The van der Waals surface area contributed by atoms with E-state index in [-0.39, 0.29) is 16.2 Å². The Hall–Kier alpha value is -1.30. The van der Waals surface area contributed by atoms with Crippen LogP contribution in [0.3, 0.4) is 0 Å². The summed E-state index contributed by atoms with van der Waals surface area (Å²) in [5, 5.41) is 0. The number of benzene rings is 2. The maximum Gasteiger partial charge on any atom is 0.296 e. The van der Waals surface area contributed by atoms with Gasteiger partial charge >= 0.3 is 0 Å². The highest BCUT2D eigenvalue weighted by atomic mass is 32.2. The fourth-order valence-corrected chi connectivity index (χ4v) is 3.98. The van der Waals surface area contributed by atoms with E-state index in [4.69, 9.17) is 4.18 Å². The van der Waals surface area contributed by atoms with E-state index in [0.717, 1.165) is 11.3 Å². The normalized spacial score (nSPS) is 12.3. The predicted molar refractivity (Wildman–Crippen MR) is 101 cm³/mol. The summed E-state index contributed by atoms with van der Waals surface area (Å²) in [6.07, 6.45) is 0.662. The van der Waals surface area contributed by atoms with Crippen molar-refractivity contribution in [3.8, 4) is 0 Å². The first kappa shape index (κ1) is 19.0. The van der Waals surface area contributed by atoms with Gasteiger partial charge in [0.25, 0.3) is 10.1 Å². The summed E-state index contributed by atoms with van der Waals surface area (Å²) in [6.45, 7) is 6.33. The molecule has 0 atom stereocenters. The fourth-order valence-electron chi connectivity index (χ4n) is 2.10. The van der Waals surface area contributed by atoms with Gasteiger partial charge in [-0.1, -0.05) is 61.9 Å². The number of thioether (sulfide) groups is 1. The number of hydrogen-bond acceptors (Lipinski definition) is 4. The zero-order chi connectivity index (χ0) is 17.6. The lowest BCUT2D eigenvalue weighted by atomic mass is 10.1. The van der Waals surface area contributed by atoms with Crippen molar-refractivity contribution in [2.75, 3.05) is 6.61 Å². The summed E-state index contributed by atoms with van der Waals surface area (Å²) in [6, 6.07) is 17.0. The molecular weight excluding hydrogens is 340 g/mol. The van der Waals surface area contributed by atoms with Crippen molar-refractivity contribution in [1.29, 1.82) is 0 Å². The van der Waals surface area contributed by atoms with Crippen LogP contribution in [0.15, 0.2) is 59.5 Å². The molecular formula is C19H24O3S2. The molecule has 0 heterocycles. The van der Waals surface area contributed by atoms with E-state index in [0.29, 0.717) is 6.42 Å². The van der Waals surface area contributed by atoms with E-state index in [9.17, 15) is 8.42 Å². The quantitative estimate of drug-likeness (QED) is 0.631. The molecule has 0 spiro atoms. The molecule has 0 N–H and O–H groups in total. The highest BCUT2D eigenvalue weighted by Crippen LogP contribution is 2.31. The van der Waals surface area contributed by atoms with Gasteiger partial charge in [0.05, 0.1) is 11.5 Å². The van der Waals surface area contributed by atoms with Crippen LogP contribution >= 0.6 is 11.8 Å². The standard InChI is InChI=1S/C19H24O3S2/c1-16-9-11-18(12-10-16)24(20,21)22-14-13-19(2,3)23-15-17-7-5-4-6-8-17/h4-12H,13-15H2,1-3H3. The van der Waals surface area contributed by atoms with E-state index in [1.165, 1.54) is 5.56 Å². The SMILES string of the molecule is Cc1ccc(S(=O)(=O)OCCC(C)(C)SCc2ccccc2)cc1. The monoisotopic (exact) mass is 364 g/mol. The molecule has 0 fully saturated rings. The van der Waals surface area contributed by atoms with E-state index in [2.05, 4.69) is 26.0 Å². The Morgan fingerprint density at radius 3 is 2.25 bits per heavy atom. The van der Waals surface area contributed by atoms with Crippen LogP contribution in [0.1, 0.15) is 31.4 Å². The molecule has 0 aliphatic rings. The molecule has 2 rings (SSSR count). The number of hydrogen-bond donors (Lipinski definition) is 0. The first-order valence-corrected chi connectivity index (χ1v) is 10.3. The van der Waals surface area contributed by atoms with Gasteiger partial charge in [0.1, 0.15) is 0 Å². The molecule has 5 heteroatoms. The van der Waals surface area contributed by atoms with Crippen molar-refractivity contribution >= 4 is 21.9 Å². The Kier molecular flexibility index (Phi) is 6.49. The van der Waals surface area contributed by atoms with Crippen molar-refractivity contribution < 1.29 is 12.6 Å². The second-order valence-corrected chi connectivity index (χ2v) is 9.67. The van der Waals surface area contributed by atoms with Crippen LogP contribution in [0.5, 0.6) is 0 Å². The average molecular weight is 365 g/mol. The molecule has 0 aliphatic heterocycles. The van der Waals surface area contributed by atoms with Crippen LogP contribution < -0.4 is 0 Å². The van der Waals surface area contributed by atoms with Gasteiger partial charge in [0.15, 0.2) is 0 Å². The van der Waals surface area contributed by atoms with Gasteiger partial charge in [-0.25, -0.2) is 0 Å². The van der Waals surface area contributed by atoms with Crippen molar-refractivity contribution in [3.63, 3.8) is 0 Å². The molecule has 0 saturated heterocycles. The third-order valence-corrected chi connectivity index (χ3v) is 6.51. The summed E-state index contributed by atoms with van der Waals surface area (Å²) >= 11 is 1.81. The summed E-state index contributed by atoms with van der Waals surface area (Å²) in [4.78, 5) is 0.211. The lowest BCUT2D eigenvalue weighted by Gasteiger charge is -2.23. The Bertz CT molecular complexity index is 736. The lowest BCUT2D eigenvalue weighted by molar-refractivity contribution is 0.300. The molecule has 24 heavy (non-hydrogen) atoms. The van der Waals surface area contributed by atoms with Crippen LogP contribution in [0.4, 0.5) is 0 Å². The topological polar surface area (TPSA) is 43.4 Å². The Morgan fingerprint density at radius 2 is 1.62 bits per heavy atom. The Labute approximate surface area is 149 Å². The molecule has 3 nitrogen and oxygen atoms in total. The van der Waals surface area contributed by atoms with Crippen LogP contribution in [-0.2, 0) is 20.1 Å². The summed E-state index contributed by atoms with van der Waals surface area (Å²) < 4.78 is 29.5. The molecule has 2 aromatic carbocycles. The highest BCUT2D eigenvalue weighted by molar-refractivity contribution is 7.99. The zero-order valence-electron chi connectivity index (χ0n) is 14.4. The summed E-state index contributed by atoms with van der Waals surface area (Å²) in [5.41, 5.74) is 2.29. The van der Waals surface area contributed by atoms with Crippen LogP contribution in [0.2, 0.25) is 0 Å². The molecule has 130 valence electrons. The van der Waals surface area contributed by atoms with Gasteiger partial charge in [-0.05, 0) is 31.0 Å². The molecule has 0 aromatic heterocycles. The minimum atomic E-state index is -3.68. The maximum absolute atomic E-state index is 12.2. The summed E-state index contributed by atoms with van der Waals surface area (Å²) in [5.74, 6) is 0.901. The lowest BCUT2D eigenvalue weighted by Crippen LogP contribution is -2.19. The summed E-state index contributed by atoms with van der Waals surface area (Å²) in [7, 11) is -3.68. The van der Waals surface area contributed by atoms with E-state index in [1.807, 2.05) is 25.1 Å². The molecule has 0 unspecified atom stereocenters. The Balaban J connectivity index is 1.84. The van der Waals surface area contributed by atoms with E-state index < -0.39 is 10.1 Å². The van der Waals surface area contributed by atoms with E-state index in [1.54, 1.807) is 36.0 Å². The minimum absolute atomic E-state index is 0.0569. The van der Waals surface area contributed by atoms with Gasteiger partial charge in [0, 0.05) is 10.5 Å². The third kappa shape index (κ3) is 5.96. The molecule has 0 bridgehead atoms. The van der Waals surface area contributed by atoms with Crippen molar-refractivity contribution in [3.05, 3.63) is 65.7 Å². The van der Waals surface area contributed by atoms with Crippen molar-refractivity contribution in [2.24, 2.45) is 0 Å². The smallest absolute Gasteiger partial charge is 0.266 e. The third-order valence-electron chi connectivity index (χ3n) is 3.72. The molecule has 0 saturated carbocycles. The Morgan fingerprint density at radius 1 is 1.00 bits per heavy atom. The van der Waals surface area contributed by atoms with Crippen molar-refractivity contribution in [1.82, 2.24) is 0 Å². The average Bonchev–Trinajstić information content (AvgIpc) is 2.54. The first-order chi connectivity index (χ1) is 11.3. The second kappa shape index (κ2) is 8.19. The molecule has 0 amide bonds. The van der Waals surface area contributed by atoms with Gasteiger partial charge in [-0.15, -0.1) is 0 Å². The second-order valence-electron chi connectivity index (χ2n) is 6.37. The largest absolute Gasteiger partial charge is 0.296 e. The van der Waals surface area contributed by atoms with Gasteiger partial charge in [-0.3, -0.25) is 4.18 Å². The first-order valence-electron chi connectivity index (χ1n) is 7.92. The van der Waals surface area contributed by atoms with Gasteiger partial charge in [-0.2, -0.15) is 20.2 Å². The molecule has 2 aromatic rings. The molecule has 0 aliphatic carbocycles. The number of rotatable bonds is 8. The van der Waals surface area contributed by atoms with Gasteiger partial charge < -0.3 is 0 Å². The van der Waals surface area contributed by atoms with Gasteiger partial charge in [0.2, 0.25) is 0 Å². The van der Waals surface area contributed by atoms with Crippen LogP contribution in [0, 0.1) is 6.92 Å². The highest BCUT2D eigenvalue weighted by Gasteiger charge is 2.21. The van der Waals surface area contributed by atoms with Crippen LogP contribution in [-0.4, -0.2) is 19.8 Å². The maximum atomic E-state index is 12.2. The van der Waals surface area contributed by atoms with E-state index >= 15 is 0 Å². The van der Waals surface area contributed by atoms with Crippen molar-refractivity contribution in [2.45, 2.75) is 42.6 Å². The number of aryl methyl sites for hydroxylation is 1. The fraction of sp³-hybridized carbons (Fsp3) is 0.368. The van der Waals surface area contributed by atoms with Crippen LogP contribution in [0.25, 0.3) is 0 Å². The minimum Gasteiger partial charge on any atom is -0.266 e. The zero-order valence-corrected chi connectivity index (χ0v) is 16.0.